The average Bonchev–Trinajstić information content (AvgIpc) is 2.51. The highest BCUT2D eigenvalue weighted by Crippen LogP contribution is 2.33. The van der Waals surface area contributed by atoms with E-state index in [4.69, 9.17) is 5.73 Å². The Morgan fingerprint density at radius 2 is 2.00 bits per heavy atom. The summed E-state index contributed by atoms with van der Waals surface area (Å²) < 4.78 is 0.877. The number of rotatable bonds is 2. The molecule has 2 aromatic rings. The molecule has 2 N–H and O–H groups in total. The molecule has 1 aliphatic heterocycles. The van der Waals surface area contributed by atoms with E-state index in [9.17, 15) is 0 Å². The standard InChI is InChI=1S/C15H18BrN5/c1-20-7-8-21(14-12(16)9-18-15(17)19-14)13(10-20)11-5-3-2-4-6-11/h2-6,9,13H,7-8,10H2,1H3,(H2,17,18,19). The van der Waals surface area contributed by atoms with E-state index in [2.05, 4.69) is 67.0 Å². The number of hydrogen-bond donors (Lipinski definition) is 1. The molecule has 1 atom stereocenters. The SMILES string of the molecule is CN1CCN(c2nc(N)ncc2Br)C(c2ccccc2)C1. The lowest BCUT2D eigenvalue weighted by Crippen LogP contribution is -2.47. The van der Waals surface area contributed by atoms with Crippen molar-refractivity contribution in [1.82, 2.24) is 14.9 Å². The van der Waals surface area contributed by atoms with Crippen molar-refractivity contribution in [3.63, 3.8) is 0 Å². The Balaban J connectivity index is 2.00. The maximum Gasteiger partial charge on any atom is 0.222 e. The van der Waals surface area contributed by atoms with E-state index in [-0.39, 0.29) is 6.04 Å². The third-order valence-electron chi connectivity index (χ3n) is 3.78. The van der Waals surface area contributed by atoms with E-state index in [1.165, 1.54) is 5.56 Å². The Bertz CT molecular complexity index is 619. The Labute approximate surface area is 132 Å². The first-order valence-corrected chi connectivity index (χ1v) is 7.72. The van der Waals surface area contributed by atoms with Crippen molar-refractivity contribution in [2.75, 3.05) is 37.3 Å². The number of benzene rings is 1. The number of piperazine rings is 1. The molecule has 0 spiro atoms. The van der Waals surface area contributed by atoms with Crippen molar-refractivity contribution in [3.05, 3.63) is 46.6 Å². The average molecular weight is 348 g/mol. The van der Waals surface area contributed by atoms with E-state index in [1.807, 2.05) is 6.07 Å². The fourth-order valence-electron chi connectivity index (χ4n) is 2.71. The lowest BCUT2D eigenvalue weighted by molar-refractivity contribution is 0.268. The molecule has 6 heteroatoms. The van der Waals surface area contributed by atoms with Gasteiger partial charge < -0.3 is 15.5 Å². The molecule has 0 saturated carbocycles. The second-order valence-electron chi connectivity index (χ2n) is 5.28. The van der Waals surface area contributed by atoms with Gasteiger partial charge in [-0.1, -0.05) is 30.3 Å². The quantitative estimate of drug-likeness (QED) is 0.903. The second kappa shape index (κ2) is 5.99. The van der Waals surface area contributed by atoms with Gasteiger partial charge in [0.25, 0.3) is 0 Å². The van der Waals surface area contributed by atoms with Crippen LogP contribution < -0.4 is 10.6 Å². The maximum atomic E-state index is 5.77. The van der Waals surface area contributed by atoms with Crippen molar-refractivity contribution < 1.29 is 0 Å². The smallest absolute Gasteiger partial charge is 0.222 e. The van der Waals surface area contributed by atoms with Crippen LogP contribution >= 0.6 is 15.9 Å². The molecule has 5 nitrogen and oxygen atoms in total. The molecule has 1 aliphatic rings. The minimum absolute atomic E-state index is 0.260. The summed E-state index contributed by atoms with van der Waals surface area (Å²) in [6.07, 6.45) is 1.72. The summed E-state index contributed by atoms with van der Waals surface area (Å²) in [5.74, 6) is 1.17. The zero-order valence-corrected chi connectivity index (χ0v) is 13.5. The van der Waals surface area contributed by atoms with Crippen LogP contribution in [0, 0.1) is 0 Å². The molecule has 2 heterocycles. The highest BCUT2D eigenvalue weighted by molar-refractivity contribution is 9.10. The van der Waals surface area contributed by atoms with E-state index in [0.717, 1.165) is 29.9 Å². The van der Waals surface area contributed by atoms with Gasteiger partial charge in [0.15, 0.2) is 0 Å². The van der Waals surface area contributed by atoms with Crippen molar-refractivity contribution in [1.29, 1.82) is 0 Å². The van der Waals surface area contributed by atoms with Crippen molar-refractivity contribution in [2.45, 2.75) is 6.04 Å². The predicted molar refractivity (Wildman–Crippen MR) is 88.2 cm³/mol. The number of aromatic nitrogens is 2. The fourth-order valence-corrected chi connectivity index (χ4v) is 3.12. The van der Waals surface area contributed by atoms with Crippen molar-refractivity contribution in [3.8, 4) is 0 Å². The highest BCUT2D eigenvalue weighted by atomic mass is 79.9. The van der Waals surface area contributed by atoms with Crippen LogP contribution in [-0.4, -0.2) is 41.5 Å². The molecule has 0 aliphatic carbocycles. The zero-order chi connectivity index (χ0) is 14.8. The summed E-state index contributed by atoms with van der Waals surface area (Å²) in [6.45, 7) is 2.87. The molecule has 110 valence electrons. The number of hydrogen-bond acceptors (Lipinski definition) is 5. The molecule has 1 fully saturated rings. The van der Waals surface area contributed by atoms with Gasteiger partial charge in [-0.2, -0.15) is 4.98 Å². The zero-order valence-electron chi connectivity index (χ0n) is 11.9. The number of anilines is 2. The number of likely N-dealkylation sites (N-methyl/N-ethyl adjacent to an activating group) is 1. The molecule has 1 unspecified atom stereocenters. The molecular formula is C15H18BrN5. The van der Waals surface area contributed by atoms with E-state index in [1.54, 1.807) is 6.20 Å². The van der Waals surface area contributed by atoms with Crippen LogP contribution in [-0.2, 0) is 0 Å². The van der Waals surface area contributed by atoms with E-state index < -0.39 is 0 Å². The van der Waals surface area contributed by atoms with Crippen LogP contribution in [0.2, 0.25) is 0 Å². The van der Waals surface area contributed by atoms with Crippen molar-refractivity contribution in [2.24, 2.45) is 0 Å². The summed E-state index contributed by atoms with van der Waals surface area (Å²) in [4.78, 5) is 13.1. The Kier molecular flexibility index (Phi) is 4.07. The first kappa shape index (κ1) is 14.3. The molecule has 0 radical (unpaired) electrons. The number of nitrogens with zero attached hydrogens (tertiary/aromatic N) is 4. The molecular weight excluding hydrogens is 330 g/mol. The molecule has 1 aromatic heterocycles. The first-order chi connectivity index (χ1) is 10.1. The molecule has 0 bridgehead atoms. The minimum Gasteiger partial charge on any atom is -0.368 e. The summed E-state index contributed by atoms with van der Waals surface area (Å²) >= 11 is 3.55. The lowest BCUT2D eigenvalue weighted by Gasteiger charge is -2.41. The summed E-state index contributed by atoms with van der Waals surface area (Å²) in [5.41, 5.74) is 7.05. The highest BCUT2D eigenvalue weighted by Gasteiger charge is 2.29. The third kappa shape index (κ3) is 3.01. The predicted octanol–water partition coefficient (Wildman–Crippen LogP) is 2.31. The Morgan fingerprint density at radius 1 is 1.24 bits per heavy atom. The van der Waals surface area contributed by atoms with Crippen LogP contribution in [0.25, 0.3) is 0 Å². The van der Waals surface area contributed by atoms with Gasteiger partial charge in [-0.3, -0.25) is 0 Å². The lowest BCUT2D eigenvalue weighted by atomic mass is 10.0. The third-order valence-corrected chi connectivity index (χ3v) is 4.34. The van der Waals surface area contributed by atoms with Crippen LogP contribution in [0.15, 0.2) is 41.0 Å². The fraction of sp³-hybridized carbons (Fsp3) is 0.333. The summed E-state index contributed by atoms with van der Waals surface area (Å²) in [7, 11) is 2.15. The first-order valence-electron chi connectivity index (χ1n) is 6.93. The van der Waals surface area contributed by atoms with Crippen molar-refractivity contribution >= 4 is 27.7 Å². The molecule has 3 rings (SSSR count). The monoisotopic (exact) mass is 347 g/mol. The number of nitrogens with two attached hydrogens (primary N) is 1. The molecule has 21 heavy (non-hydrogen) atoms. The Morgan fingerprint density at radius 3 is 2.76 bits per heavy atom. The second-order valence-corrected chi connectivity index (χ2v) is 6.14. The van der Waals surface area contributed by atoms with Gasteiger partial charge in [0, 0.05) is 25.8 Å². The molecule has 1 aromatic carbocycles. The minimum atomic E-state index is 0.260. The van der Waals surface area contributed by atoms with Crippen LogP contribution in [0.3, 0.4) is 0 Å². The molecule has 1 saturated heterocycles. The van der Waals surface area contributed by atoms with E-state index >= 15 is 0 Å². The van der Waals surface area contributed by atoms with Gasteiger partial charge in [-0.15, -0.1) is 0 Å². The topological polar surface area (TPSA) is 58.3 Å². The Hall–Kier alpha value is -1.66. The largest absolute Gasteiger partial charge is 0.368 e. The van der Waals surface area contributed by atoms with Gasteiger partial charge in [0.2, 0.25) is 5.95 Å². The normalized spacial score (nSPS) is 19.7. The number of nitrogen functional groups attached to an aromatic ring is 1. The number of halogens is 1. The van der Waals surface area contributed by atoms with Gasteiger partial charge in [-0.25, -0.2) is 4.98 Å². The van der Waals surface area contributed by atoms with Crippen LogP contribution in [0.5, 0.6) is 0 Å². The van der Waals surface area contributed by atoms with Crippen LogP contribution in [0.4, 0.5) is 11.8 Å². The molecule has 0 amide bonds. The van der Waals surface area contributed by atoms with Gasteiger partial charge in [0.1, 0.15) is 5.82 Å². The van der Waals surface area contributed by atoms with Gasteiger partial charge in [0.05, 0.1) is 10.5 Å². The van der Waals surface area contributed by atoms with Gasteiger partial charge in [-0.05, 0) is 28.5 Å². The maximum absolute atomic E-state index is 5.77. The van der Waals surface area contributed by atoms with Crippen LogP contribution in [0.1, 0.15) is 11.6 Å². The van der Waals surface area contributed by atoms with Gasteiger partial charge >= 0.3 is 0 Å². The summed E-state index contributed by atoms with van der Waals surface area (Å²) in [6, 6.07) is 10.8. The van der Waals surface area contributed by atoms with E-state index in [0.29, 0.717) is 5.95 Å². The summed E-state index contributed by atoms with van der Waals surface area (Å²) in [5, 5.41) is 0.